The molecule has 76 valence electrons. The van der Waals surface area contributed by atoms with Crippen molar-refractivity contribution in [3.63, 3.8) is 0 Å². The topological polar surface area (TPSA) is 72.5 Å². The van der Waals surface area contributed by atoms with Crippen LogP contribution in [0.25, 0.3) is 0 Å². The fourth-order valence-electron chi connectivity index (χ4n) is 0.606. The van der Waals surface area contributed by atoms with Crippen molar-refractivity contribution in [1.82, 2.24) is 5.32 Å². The molecule has 0 heterocycles. The zero-order chi connectivity index (χ0) is 10.5. The van der Waals surface area contributed by atoms with Crippen LogP contribution in [0.4, 0.5) is 0 Å². The highest BCUT2D eigenvalue weighted by Crippen LogP contribution is 2.06. The predicted octanol–water partition coefficient (Wildman–Crippen LogP) is -0.390. The number of amides is 1. The summed E-state index contributed by atoms with van der Waals surface area (Å²) in [4.78, 5) is 10.7. The van der Waals surface area contributed by atoms with Gasteiger partial charge in [-0.15, -0.1) is 0 Å². The van der Waals surface area contributed by atoms with Crippen LogP contribution < -0.4 is 5.32 Å². The monoisotopic (exact) mass is 207 g/mol. The van der Waals surface area contributed by atoms with Crippen LogP contribution in [0.3, 0.4) is 0 Å². The molecule has 0 spiro atoms. The van der Waals surface area contributed by atoms with E-state index in [2.05, 4.69) is 16.1 Å². The smallest absolute Gasteiger partial charge is 0.257 e. The van der Waals surface area contributed by atoms with Gasteiger partial charge >= 0.3 is 0 Å². The highest BCUT2D eigenvalue weighted by atomic mass is 32.2. The molecule has 0 fully saturated rings. The molecule has 0 atom stereocenters. The number of carbonyl (C=O) groups is 1. The Labute approximate surface area is 78.9 Å². The molecule has 0 aliphatic carbocycles. The van der Waals surface area contributed by atoms with Gasteiger partial charge in [0.25, 0.3) is 11.0 Å². The minimum Gasteiger partial charge on any atom is -0.350 e. The van der Waals surface area contributed by atoms with E-state index in [4.69, 9.17) is 0 Å². The van der Waals surface area contributed by atoms with Crippen LogP contribution in [0.15, 0.2) is 12.7 Å². The minimum absolute atomic E-state index is 0.112. The molecular formula is C7H13NO4S. The molecule has 0 aromatic rings. The Kier molecular flexibility index (Phi) is 4.64. The first-order valence-electron chi connectivity index (χ1n) is 3.61. The molecule has 6 heteroatoms. The van der Waals surface area contributed by atoms with E-state index < -0.39 is 16.6 Å². The Morgan fingerprint density at radius 2 is 2.15 bits per heavy atom. The highest BCUT2D eigenvalue weighted by Gasteiger charge is 2.20. The van der Waals surface area contributed by atoms with Crippen LogP contribution in [0, 0.1) is 0 Å². The molecule has 13 heavy (non-hydrogen) atoms. The molecular weight excluding hydrogens is 194 g/mol. The lowest BCUT2D eigenvalue weighted by Crippen LogP contribution is -2.39. The molecule has 0 rings (SSSR count). The lowest BCUT2D eigenvalue weighted by atomic mass is 10.1. The second-order valence-electron chi connectivity index (χ2n) is 3.00. The van der Waals surface area contributed by atoms with Crippen LogP contribution in [-0.2, 0) is 20.0 Å². The standard InChI is InChI=1S/C7H13NO4S/c1-4-6(9)8-5-7(2,3)12-13(10)11/h4,13H,1,5H2,2-3H3,(H,8,9). The zero-order valence-electron chi connectivity index (χ0n) is 7.57. The molecule has 1 N–H and O–H groups in total. The van der Waals surface area contributed by atoms with E-state index in [1.807, 2.05) is 0 Å². The van der Waals surface area contributed by atoms with Gasteiger partial charge in [-0.25, -0.2) is 8.42 Å². The largest absolute Gasteiger partial charge is 0.350 e. The summed E-state index contributed by atoms with van der Waals surface area (Å²) in [5.41, 5.74) is -0.923. The van der Waals surface area contributed by atoms with Gasteiger partial charge in [-0.1, -0.05) is 6.58 Å². The summed E-state index contributed by atoms with van der Waals surface area (Å²) in [7, 11) is -2.90. The van der Waals surface area contributed by atoms with Gasteiger partial charge in [-0.2, -0.15) is 0 Å². The first-order valence-corrected chi connectivity index (χ1v) is 4.71. The third-order valence-electron chi connectivity index (χ3n) is 1.20. The maximum atomic E-state index is 10.7. The minimum atomic E-state index is -2.90. The van der Waals surface area contributed by atoms with E-state index in [1.165, 1.54) is 0 Å². The average molecular weight is 207 g/mol. The summed E-state index contributed by atoms with van der Waals surface area (Å²) in [5, 5.41) is 2.43. The summed E-state index contributed by atoms with van der Waals surface area (Å²) < 4.78 is 25.0. The van der Waals surface area contributed by atoms with Gasteiger partial charge in [-0.3, -0.25) is 8.98 Å². The van der Waals surface area contributed by atoms with Crippen molar-refractivity contribution in [2.45, 2.75) is 19.4 Å². The maximum Gasteiger partial charge on any atom is 0.257 e. The van der Waals surface area contributed by atoms with Gasteiger partial charge in [0.15, 0.2) is 0 Å². The van der Waals surface area contributed by atoms with Crippen molar-refractivity contribution < 1.29 is 17.4 Å². The van der Waals surface area contributed by atoms with E-state index in [0.29, 0.717) is 0 Å². The Bertz CT molecular complexity index is 262. The lowest BCUT2D eigenvalue weighted by Gasteiger charge is -2.20. The van der Waals surface area contributed by atoms with Gasteiger partial charge in [0, 0.05) is 6.54 Å². The van der Waals surface area contributed by atoms with Gasteiger partial charge < -0.3 is 5.32 Å². The first-order chi connectivity index (χ1) is 5.87. The molecule has 0 bridgehead atoms. The molecule has 1 amide bonds. The number of hydrogen-bond acceptors (Lipinski definition) is 4. The lowest BCUT2D eigenvalue weighted by molar-refractivity contribution is -0.117. The fraction of sp³-hybridized carbons (Fsp3) is 0.571. The molecule has 0 aliphatic heterocycles. The number of hydrogen-bond donors (Lipinski definition) is 2. The number of nitrogens with one attached hydrogen (secondary N) is 1. The molecule has 0 aliphatic rings. The van der Waals surface area contributed by atoms with Gasteiger partial charge in [-0.05, 0) is 19.9 Å². The summed E-state index contributed by atoms with van der Waals surface area (Å²) in [6, 6.07) is 0. The van der Waals surface area contributed by atoms with Crippen molar-refractivity contribution in [2.24, 2.45) is 0 Å². The van der Waals surface area contributed by atoms with Crippen LogP contribution in [0.2, 0.25) is 0 Å². The summed E-state index contributed by atoms with van der Waals surface area (Å²) >= 11 is 0. The van der Waals surface area contributed by atoms with E-state index >= 15 is 0 Å². The molecule has 0 saturated heterocycles. The van der Waals surface area contributed by atoms with Crippen molar-refractivity contribution >= 4 is 16.9 Å². The molecule has 0 unspecified atom stereocenters. The summed E-state index contributed by atoms with van der Waals surface area (Å²) in [6.07, 6.45) is 1.10. The average Bonchev–Trinajstić information content (AvgIpc) is 1.98. The van der Waals surface area contributed by atoms with Crippen LogP contribution in [0.1, 0.15) is 13.8 Å². The molecule has 0 aromatic carbocycles. The van der Waals surface area contributed by atoms with Crippen molar-refractivity contribution in [2.75, 3.05) is 6.54 Å². The van der Waals surface area contributed by atoms with Crippen LogP contribution >= 0.6 is 0 Å². The molecule has 5 nitrogen and oxygen atoms in total. The Hall–Kier alpha value is -0.880. The van der Waals surface area contributed by atoms with E-state index in [-0.39, 0.29) is 12.5 Å². The number of thiol groups is 1. The zero-order valence-corrected chi connectivity index (χ0v) is 8.47. The molecule has 0 aromatic heterocycles. The first kappa shape index (κ1) is 12.1. The Morgan fingerprint density at radius 1 is 1.62 bits per heavy atom. The van der Waals surface area contributed by atoms with E-state index in [0.717, 1.165) is 6.08 Å². The third-order valence-corrected chi connectivity index (χ3v) is 1.84. The summed E-state index contributed by atoms with van der Waals surface area (Å²) in [5.74, 6) is -0.363. The normalized spacial score (nSPS) is 11.3. The fourth-order valence-corrected chi connectivity index (χ4v) is 1.07. The van der Waals surface area contributed by atoms with Crippen molar-refractivity contribution in [3.05, 3.63) is 12.7 Å². The quantitative estimate of drug-likeness (QED) is 0.476. The van der Waals surface area contributed by atoms with Gasteiger partial charge in [0.1, 0.15) is 0 Å². The van der Waals surface area contributed by atoms with E-state index in [9.17, 15) is 13.2 Å². The van der Waals surface area contributed by atoms with Gasteiger partial charge in [0.05, 0.1) is 5.60 Å². The second-order valence-corrected chi connectivity index (χ2v) is 3.63. The Balaban J connectivity index is 4.02. The predicted molar refractivity (Wildman–Crippen MR) is 48.7 cm³/mol. The van der Waals surface area contributed by atoms with E-state index in [1.54, 1.807) is 13.8 Å². The summed E-state index contributed by atoms with van der Waals surface area (Å²) in [6.45, 7) is 6.48. The Morgan fingerprint density at radius 3 is 2.54 bits per heavy atom. The maximum absolute atomic E-state index is 10.7. The molecule has 0 radical (unpaired) electrons. The van der Waals surface area contributed by atoms with Crippen LogP contribution in [0.5, 0.6) is 0 Å². The third kappa shape index (κ3) is 6.30. The van der Waals surface area contributed by atoms with Crippen molar-refractivity contribution in [3.8, 4) is 0 Å². The highest BCUT2D eigenvalue weighted by molar-refractivity contribution is 7.67. The van der Waals surface area contributed by atoms with Crippen molar-refractivity contribution in [1.29, 1.82) is 0 Å². The van der Waals surface area contributed by atoms with Gasteiger partial charge in [0.2, 0.25) is 5.91 Å². The van der Waals surface area contributed by atoms with Crippen LogP contribution in [-0.4, -0.2) is 26.5 Å². The second kappa shape index (κ2) is 4.98. The molecule has 0 saturated carbocycles. The number of carbonyl (C=O) groups excluding carboxylic acids is 1. The number of rotatable bonds is 5. The SMILES string of the molecule is C=CC(=O)NCC(C)(C)O[SH](=O)=O.